The van der Waals surface area contributed by atoms with Gasteiger partial charge >= 0.3 is 12.0 Å². The van der Waals surface area contributed by atoms with E-state index in [1.54, 1.807) is 6.92 Å². The van der Waals surface area contributed by atoms with Gasteiger partial charge < -0.3 is 10.1 Å². The molecule has 1 aliphatic heterocycles. The molecule has 0 aromatic heterocycles. The van der Waals surface area contributed by atoms with E-state index in [9.17, 15) is 14.4 Å². The summed E-state index contributed by atoms with van der Waals surface area (Å²) in [5, 5.41) is 4.54. The lowest BCUT2D eigenvalue weighted by atomic mass is 10.1. The summed E-state index contributed by atoms with van der Waals surface area (Å²) in [6.07, 6.45) is -0.396. The summed E-state index contributed by atoms with van der Waals surface area (Å²) in [7, 11) is 0. The van der Waals surface area contributed by atoms with Gasteiger partial charge in [-0.05, 0) is 6.42 Å². The first-order valence-electron chi connectivity index (χ1n) is 4.33. The first kappa shape index (κ1) is 10.5. The molecule has 1 fully saturated rings. The van der Waals surface area contributed by atoms with Crippen molar-refractivity contribution < 1.29 is 19.1 Å². The van der Waals surface area contributed by atoms with E-state index in [1.807, 2.05) is 5.32 Å². The third-order valence-corrected chi connectivity index (χ3v) is 1.91. The van der Waals surface area contributed by atoms with Crippen molar-refractivity contribution in [1.82, 2.24) is 10.6 Å². The summed E-state index contributed by atoms with van der Waals surface area (Å²) in [4.78, 5) is 32.8. The first-order valence-corrected chi connectivity index (χ1v) is 4.33. The van der Waals surface area contributed by atoms with Crippen LogP contribution in [0.15, 0.2) is 0 Å². The maximum atomic E-state index is 11.3. The molecule has 0 aliphatic carbocycles. The zero-order valence-corrected chi connectivity index (χ0v) is 7.99. The Kier molecular flexibility index (Phi) is 3.06. The summed E-state index contributed by atoms with van der Waals surface area (Å²) in [6.45, 7) is 3.01. The molecule has 1 aliphatic rings. The number of esters is 1. The third kappa shape index (κ3) is 2.21. The topological polar surface area (TPSA) is 84.5 Å². The minimum absolute atomic E-state index is 0.444. The standard InChI is InChI=1S/C8H12N2O4/c1-3-5-6(14-4(2)11)7(12)10-8(13)9-5/h5-6H,3H2,1-2H3,(H2,9,10,12,13)/t5-,6-/m0/s1. The highest BCUT2D eigenvalue weighted by Crippen LogP contribution is 2.08. The number of hydrogen-bond donors (Lipinski definition) is 2. The number of nitrogens with one attached hydrogen (secondary N) is 2. The molecule has 0 bridgehead atoms. The molecule has 1 heterocycles. The molecule has 2 atom stereocenters. The van der Waals surface area contributed by atoms with E-state index in [0.717, 1.165) is 0 Å². The Morgan fingerprint density at radius 1 is 1.50 bits per heavy atom. The second-order valence-electron chi connectivity index (χ2n) is 3.01. The van der Waals surface area contributed by atoms with E-state index >= 15 is 0 Å². The van der Waals surface area contributed by atoms with Crippen molar-refractivity contribution in [1.29, 1.82) is 0 Å². The van der Waals surface area contributed by atoms with E-state index in [4.69, 9.17) is 4.74 Å². The third-order valence-electron chi connectivity index (χ3n) is 1.91. The minimum atomic E-state index is -0.921. The van der Waals surface area contributed by atoms with Crippen LogP contribution in [0.5, 0.6) is 0 Å². The summed E-state index contributed by atoms with van der Waals surface area (Å²) in [5.74, 6) is -1.12. The second kappa shape index (κ2) is 4.08. The van der Waals surface area contributed by atoms with Gasteiger partial charge in [0, 0.05) is 6.92 Å². The van der Waals surface area contributed by atoms with Gasteiger partial charge in [-0.25, -0.2) is 4.79 Å². The Labute approximate surface area is 81.0 Å². The quantitative estimate of drug-likeness (QED) is 0.590. The molecule has 0 spiro atoms. The summed E-state index contributed by atoms with van der Waals surface area (Å²) < 4.78 is 4.79. The van der Waals surface area contributed by atoms with Gasteiger partial charge in [-0.1, -0.05) is 6.92 Å². The van der Waals surface area contributed by atoms with E-state index in [1.165, 1.54) is 6.92 Å². The maximum Gasteiger partial charge on any atom is 0.321 e. The Bertz CT molecular complexity index is 277. The van der Waals surface area contributed by atoms with E-state index in [0.29, 0.717) is 6.42 Å². The molecule has 0 radical (unpaired) electrons. The summed E-state index contributed by atoms with van der Waals surface area (Å²) >= 11 is 0. The van der Waals surface area contributed by atoms with Crippen molar-refractivity contribution in [3.63, 3.8) is 0 Å². The predicted molar refractivity (Wildman–Crippen MR) is 46.3 cm³/mol. The molecule has 6 nitrogen and oxygen atoms in total. The van der Waals surface area contributed by atoms with Gasteiger partial charge in [0.05, 0.1) is 6.04 Å². The lowest BCUT2D eigenvalue weighted by Gasteiger charge is -2.29. The molecule has 14 heavy (non-hydrogen) atoms. The van der Waals surface area contributed by atoms with Crippen molar-refractivity contribution in [2.45, 2.75) is 32.4 Å². The van der Waals surface area contributed by atoms with Crippen LogP contribution in [-0.2, 0) is 14.3 Å². The molecule has 1 saturated heterocycles. The van der Waals surface area contributed by atoms with Crippen LogP contribution in [0.2, 0.25) is 0 Å². The number of ether oxygens (including phenoxy) is 1. The highest BCUT2D eigenvalue weighted by atomic mass is 16.5. The van der Waals surface area contributed by atoms with Crippen molar-refractivity contribution in [2.75, 3.05) is 0 Å². The van der Waals surface area contributed by atoms with E-state index in [2.05, 4.69) is 5.32 Å². The molecule has 0 aromatic rings. The number of carbonyl (C=O) groups is 3. The van der Waals surface area contributed by atoms with Crippen LogP contribution in [0.3, 0.4) is 0 Å². The first-order chi connectivity index (χ1) is 6.54. The number of imide groups is 1. The normalized spacial score (nSPS) is 26.4. The van der Waals surface area contributed by atoms with Crippen LogP contribution in [-0.4, -0.2) is 30.1 Å². The van der Waals surface area contributed by atoms with Crippen molar-refractivity contribution in [3.05, 3.63) is 0 Å². The van der Waals surface area contributed by atoms with Gasteiger partial charge in [0.1, 0.15) is 0 Å². The molecule has 0 saturated carbocycles. The number of carbonyl (C=O) groups excluding carboxylic acids is 3. The fourth-order valence-electron chi connectivity index (χ4n) is 1.28. The second-order valence-corrected chi connectivity index (χ2v) is 3.01. The van der Waals surface area contributed by atoms with Gasteiger partial charge in [0.15, 0.2) is 0 Å². The molecule has 6 heteroatoms. The highest BCUT2D eigenvalue weighted by molar-refractivity contribution is 6.00. The van der Waals surface area contributed by atoms with Gasteiger partial charge in [0.2, 0.25) is 6.10 Å². The summed E-state index contributed by atoms with van der Waals surface area (Å²) in [5.41, 5.74) is 0. The van der Waals surface area contributed by atoms with Crippen LogP contribution in [0.4, 0.5) is 4.79 Å². The van der Waals surface area contributed by atoms with Crippen LogP contribution in [0.1, 0.15) is 20.3 Å². The van der Waals surface area contributed by atoms with Gasteiger partial charge in [-0.3, -0.25) is 14.9 Å². The fraction of sp³-hybridized carbons (Fsp3) is 0.625. The molecular formula is C8H12N2O4. The van der Waals surface area contributed by atoms with Crippen LogP contribution in [0, 0.1) is 0 Å². The number of amides is 3. The molecular weight excluding hydrogens is 188 g/mol. The monoisotopic (exact) mass is 200 g/mol. The van der Waals surface area contributed by atoms with Gasteiger partial charge in [-0.15, -0.1) is 0 Å². The number of hydrogen-bond acceptors (Lipinski definition) is 4. The largest absolute Gasteiger partial charge is 0.450 e. The Morgan fingerprint density at radius 2 is 2.14 bits per heavy atom. The average molecular weight is 200 g/mol. The van der Waals surface area contributed by atoms with Crippen LogP contribution < -0.4 is 10.6 Å². The predicted octanol–water partition coefficient (Wildman–Crippen LogP) is -0.464. The number of rotatable bonds is 2. The smallest absolute Gasteiger partial charge is 0.321 e. The zero-order chi connectivity index (χ0) is 10.7. The molecule has 3 amide bonds. The Morgan fingerprint density at radius 3 is 2.64 bits per heavy atom. The lowest BCUT2D eigenvalue weighted by Crippen LogP contribution is -2.61. The average Bonchev–Trinajstić information content (AvgIpc) is 2.08. The Hall–Kier alpha value is -1.59. The van der Waals surface area contributed by atoms with Crippen LogP contribution in [0.25, 0.3) is 0 Å². The fourth-order valence-corrected chi connectivity index (χ4v) is 1.28. The highest BCUT2D eigenvalue weighted by Gasteiger charge is 2.36. The van der Waals surface area contributed by atoms with Crippen molar-refractivity contribution in [2.24, 2.45) is 0 Å². The molecule has 1 rings (SSSR count). The van der Waals surface area contributed by atoms with E-state index in [-0.39, 0.29) is 0 Å². The molecule has 78 valence electrons. The maximum absolute atomic E-state index is 11.3. The lowest BCUT2D eigenvalue weighted by molar-refractivity contribution is -0.156. The van der Waals surface area contributed by atoms with Gasteiger partial charge in [0.25, 0.3) is 5.91 Å². The minimum Gasteiger partial charge on any atom is -0.450 e. The van der Waals surface area contributed by atoms with E-state index < -0.39 is 30.1 Å². The van der Waals surface area contributed by atoms with Gasteiger partial charge in [-0.2, -0.15) is 0 Å². The molecule has 2 N–H and O–H groups in total. The SMILES string of the molecule is CC[C@@H]1NC(=O)NC(=O)[C@H]1OC(C)=O. The Balaban J connectivity index is 2.73. The van der Waals surface area contributed by atoms with Crippen LogP contribution >= 0.6 is 0 Å². The van der Waals surface area contributed by atoms with Crippen molar-refractivity contribution >= 4 is 17.9 Å². The molecule has 0 unspecified atom stereocenters. The molecule has 0 aromatic carbocycles. The summed E-state index contributed by atoms with van der Waals surface area (Å²) in [6, 6.07) is -0.995. The van der Waals surface area contributed by atoms with Crippen molar-refractivity contribution in [3.8, 4) is 0 Å². The number of urea groups is 1. The zero-order valence-electron chi connectivity index (χ0n) is 7.99.